The fourth-order valence-electron chi connectivity index (χ4n) is 2.41. The van der Waals surface area contributed by atoms with Gasteiger partial charge in [-0.1, -0.05) is 0 Å². The van der Waals surface area contributed by atoms with Crippen molar-refractivity contribution in [2.75, 3.05) is 14.2 Å². The van der Waals surface area contributed by atoms with Gasteiger partial charge in [-0.15, -0.1) is 0 Å². The number of esters is 1. The summed E-state index contributed by atoms with van der Waals surface area (Å²) < 4.78 is 15.6. The number of aliphatic hydroxyl groups is 1. The van der Waals surface area contributed by atoms with Crippen molar-refractivity contribution in [1.29, 1.82) is 0 Å². The molecule has 1 aliphatic heterocycles. The highest BCUT2D eigenvalue weighted by atomic mass is 16.5. The Morgan fingerprint density at radius 1 is 1.36 bits per heavy atom. The largest absolute Gasteiger partial charge is 0.515 e. The highest BCUT2D eigenvalue weighted by Crippen LogP contribution is 2.40. The lowest BCUT2D eigenvalue weighted by Gasteiger charge is -2.36. The van der Waals surface area contributed by atoms with Gasteiger partial charge in [0.25, 0.3) is 0 Å². The summed E-state index contributed by atoms with van der Waals surface area (Å²) in [5, 5.41) is 9.46. The molecule has 2 rings (SSSR count). The molecule has 0 saturated carbocycles. The Morgan fingerprint density at radius 2 is 2.05 bits per heavy atom. The lowest BCUT2D eigenvalue weighted by atomic mass is 9.79. The number of methoxy groups -OCH3 is 2. The first-order valence-electron chi connectivity index (χ1n) is 6.69. The first kappa shape index (κ1) is 15.9. The number of hydrogen-bond acceptors (Lipinski definition) is 6. The molecule has 0 spiro atoms. The Morgan fingerprint density at radius 3 is 2.59 bits per heavy atom. The molecule has 0 radical (unpaired) electrons. The molecule has 1 unspecified atom stereocenters. The van der Waals surface area contributed by atoms with Crippen LogP contribution in [0.2, 0.25) is 0 Å². The maximum Gasteiger partial charge on any atom is 0.315 e. The van der Waals surface area contributed by atoms with E-state index >= 15 is 0 Å². The van der Waals surface area contributed by atoms with Gasteiger partial charge in [0, 0.05) is 0 Å². The minimum Gasteiger partial charge on any atom is -0.515 e. The van der Waals surface area contributed by atoms with Gasteiger partial charge in [-0.2, -0.15) is 0 Å². The van der Waals surface area contributed by atoms with E-state index < -0.39 is 23.3 Å². The van der Waals surface area contributed by atoms with Gasteiger partial charge in [0.15, 0.2) is 5.78 Å². The summed E-state index contributed by atoms with van der Waals surface area (Å²) in [6.45, 7) is 3.18. The van der Waals surface area contributed by atoms with Crippen molar-refractivity contribution in [2.45, 2.75) is 20.0 Å². The summed E-state index contributed by atoms with van der Waals surface area (Å²) >= 11 is 0. The maximum atomic E-state index is 12.6. The molecule has 1 N–H and O–H groups in total. The van der Waals surface area contributed by atoms with Gasteiger partial charge in [0.1, 0.15) is 23.0 Å². The first-order valence-corrected chi connectivity index (χ1v) is 6.69. The van der Waals surface area contributed by atoms with E-state index in [1.165, 1.54) is 20.3 Å². The molecule has 0 bridgehead atoms. The molecule has 118 valence electrons. The van der Waals surface area contributed by atoms with Crippen LogP contribution in [0, 0.1) is 5.41 Å². The molecule has 0 fully saturated rings. The van der Waals surface area contributed by atoms with E-state index in [-0.39, 0.29) is 11.1 Å². The average molecular weight is 306 g/mol. The predicted molar refractivity (Wildman–Crippen MR) is 78.2 cm³/mol. The van der Waals surface area contributed by atoms with Crippen LogP contribution in [-0.2, 0) is 9.53 Å². The quantitative estimate of drug-likeness (QED) is 0.524. The van der Waals surface area contributed by atoms with Crippen molar-refractivity contribution < 1.29 is 28.9 Å². The molecule has 0 saturated heterocycles. The molecule has 1 atom stereocenters. The van der Waals surface area contributed by atoms with Gasteiger partial charge in [-0.25, -0.2) is 0 Å². The number of benzene rings is 1. The third-order valence-electron chi connectivity index (χ3n) is 3.73. The first-order chi connectivity index (χ1) is 10.4. The summed E-state index contributed by atoms with van der Waals surface area (Å²) in [7, 11) is 2.75. The normalized spacial score (nSPS) is 19.4. The Hall–Kier alpha value is -2.50. The van der Waals surface area contributed by atoms with Crippen molar-refractivity contribution in [3.63, 3.8) is 0 Å². The molecule has 0 amide bonds. The molecule has 0 aromatic heterocycles. The highest BCUT2D eigenvalue weighted by molar-refractivity contribution is 6.12. The molecule has 1 aromatic carbocycles. The van der Waals surface area contributed by atoms with Crippen LogP contribution >= 0.6 is 0 Å². The van der Waals surface area contributed by atoms with E-state index in [4.69, 9.17) is 14.2 Å². The fraction of sp³-hybridized carbons (Fsp3) is 0.375. The molecule has 1 aliphatic rings. The SMILES string of the molecule is COC(=O)C(C)(C)C1Oc2ccc(OC)cc2C(=O)/C1=C\O. The number of ketones is 1. The van der Waals surface area contributed by atoms with Gasteiger partial charge in [0.05, 0.1) is 31.6 Å². The van der Waals surface area contributed by atoms with Crippen LogP contribution < -0.4 is 9.47 Å². The second-order valence-electron chi connectivity index (χ2n) is 5.49. The Labute approximate surface area is 128 Å². The van der Waals surface area contributed by atoms with Crippen LogP contribution in [0.15, 0.2) is 30.0 Å². The van der Waals surface area contributed by atoms with Crippen LogP contribution in [0.25, 0.3) is 0 Å². The monoisotopic (exact) mass is 306 g/mol. The Bertz CT molecular complexity index is 644. The van der Waals surface area contributed by atoms with Crippen molar-refractivity contribution in [1.82, 2.24) is 0 Å². The number of rotatable bonds is 3. The van der Waals surface area contributed by atoms with Crippen molar-refractivity contribution in [3.05, 3.63) is 35.6 Å². The summed E-state index contributed by atoms with van der Waals surface area (Å²) in [4.78, 5) is 24.5. The number of hydrogen-bond donors (Lipinski definition) is 1. The molecular formula is C16H18O6. The van der Waals surface area contributed by atoms with Gasteiger partial charge in [-0.3, -0.25) is 9.59 Å². The van der Waals surface area contributed by atoms with Crippen molar-refractivity contribution in [2.24, 2.45) is 5.41 Å². The number of ether oxygens (including phenoxy) is 3. The second kappa shape index (κ2) is 5.71. The Balaban J connectivity index is 2.52. The molecule has 6 nitrogen and oxygen atoms in total. The minimum atomic E-state index is -1.14. The highest BCUT2D eigenvalue weighted by Gasteiger charge is 2.47. The van der Waals surface area contributed by atoms with Crippen molar-refractivity contribution in [3.8, 4) is 11.5 Å². The summed E-state index contributed by atoms with van der Waals surface area (Å²) in [6, 6.07) is 4.78. The Kier molecular flexibility index (Phi) is 4.12. The van der Waals surface area contributed by atoms with E-state index in [9.17, 15) is 14.7 Å². The van der Waals surface area contributed by atoms with Gasteiger partial charge >= 0.3 is 5.97 Å². The van der Waals surface area contributed by atoms with E-state index in [1.54, 1.807) is 26.0 Å². The molecule has 1 heterocycles. The molecule has 22 heavy (non-hydrogen) atoms. The number of Topliss-reactive ketones (excluding diaryl/α,β-unsaturated/α-hetero) is 1. The molecule has 6 heteroatoms. The molecular weight excluding hydrogens is 288 g/mol. The second-order valence-corrected chi connectivity index (χ2v) is 5.49. The third-order valence-corrected chi connectivity index (χ3v) is 3.73. The fourth-order valence-corrected chi connectivity index (χ4v) is 2.41. The maximum absolute atomic E-state index is 12.6. The molecule has 1 aromatic rings. The number of aliphatic hydroxyl groups excluding tert-OH is 1. The zero-order valence-corrected chi connectivity index (χ0v) is 12.9. The summed E-state index contributed by atoms with van der Waals surface area (Å²) in [5.74, 6) is -0.122. The van der Waals surface area contributed by atoms with E-state index in [0.29, 0.717) is 17.8 Å². The van der Waals surface area contributed by atoms with Crippen molar-refractivity contribution >= 4 is 11.8 Å². The number of fused-ring (bicyclic) bond motifs is 1. The lowest BCUT2D eigenvalue weighted by molar-refractivity contribution is -0.155. The van der Waals surface area contributed by atoms with Crippen LogP contribution in [0.5, 0.6) is 11.5 Å². The van der Waals surface area contributed by atoms with Crippen LogP contribution in [0.1, 0.15) is 24.2 Å². The number of carbonyl (C=O) groups excluding carboxylic acids is 2. The van der Waals surface area contributed by atoms with Gasteiger partial charge < -0.3 is 19.3 Å². The minimum absolute atomic E-state index is 0.00356. The standard InChI is InChI=1S/C16H18O6/c1-16(2,15(19)21-4)14-11(8-17)13(18)10-7-9(20-3)5-6-12(10)22-14/h5-8,14,17H,1-4H3/b11-8+. The van der Waals surface area contributed by atoms with Gasteiger partial charge in [0.2, 0.25) is 0 Å². The third kappa shape index (κ3) is 2.41. The average Bonchev–Trinajstić information content (AvgIpc) is 2.53. The predicted octanol–water partition coefficient (Wildman–Crippen LogP) is 2.28. The smallest absolute Gasteiger partial charge is 0.315 e. The van der Waals surface area contributed by atoms with Crippen LogP contribution in [-0.4, -0.2) is 37.2 Å². The van der Waals surface area contributed by atoms with E-state index in [0.717, 1.165) is 0 Å². The van der Waals surface area contributed by atoms with Crippen LogP contribution in [0.4, 0.5) is 0 Å². The summed E-state index contributed by atoms with van der Waals surface area (Å²) in [5.41, 5.74) is -0.871. The molecule has 0 aliphatic carbocycles. The van der Waals surface area contributed by atoms with Crippen LogP contribution in [0.3, 0.4) is 0 Å². The zero-order chi connectivity index (χ0) is 16.5. The zero-order valence-electron chi connectivity index (χ0n) is 12.9. The summed E-state index contributed by atoms with van der Waals surface area (Å²) in [6.07, 6.45) is -0.265. The van der Waals surface area contributed by atoms with Gasteiger partial charge in [-0.05, 0) is 32.0 Å². The number of carbonyl (C=O) groups is 2. The topological polar surface area (TPSA) is 82.1 Å². The van der Waals surface area contributed by atoms with E-state index in [1.807, 2.05) is 0 Å². The van der Waals surface area contributed by atoms with E-state index in [2.05, 4.69) is 0 Å². The lowest BCUT2D eigenvalue weighted by Crippen LogP contribution is -2.46.